The van der Waals surface area contributed by atoms with Crippen molar-refractivity contribution in [3.05, 3.63) is 41.5 Å². The standard InChI is InChI=1S/C20H31N7/c1-5-19-24-23-15-27(19)10-9-22-20(21-4)26-13-11-25(12-14-26)18-8-6-7-16(2)17(18)3/h6-8,15H,5,9-14H2,1-4H3,(H,21,22). The van der Waals surface area contributed by atoms with Gasteiger partial charge in [-0.3, -0.25) is 4.99 Å². The van der Waals surface area contributed by atoms with Gasteiger partial charge in [-0.2, -0.15) is 0 Å². The van der Waals surface area contributed by atoms with Crippen LogP contribution < -0.4 is 10.2 Å². The maximum atomic E-state index is 4.48. The van der Waals surface area contributed by atoms with E-state index in [0.717, 1.165) is 57.5 Å². The molecule has 146 valence electrons. The van der Waals surface area contributed by atoms with Crippen LogP contribution in [0.3, 0.4) is 0 Å². The number of aliphatic imine (C=N–C) groups is 1. The summed E-state index contributed by atoms with van der Waals surface area (Å²) in [4.78, 5) is 9.30. The van der Waals surface area contributed by atoms with Crippen molar-refractivity contribution in [3.63, 3.8) is 0 Å². The second kappa shape index (κ2) is 8.88. The molecular weight excluding hydrogens is 338 g/mol. The first-order valence-electron chi connectivity index (χ1n) is 9.77. The zero-order chi connectivity index (χ0) is 19.2. The van der Waals surface area contributed by atoms with Gasteiger partial charge in [0.1, 0.15) is 12.2 Å². The molecule has 1 aromatic carbocycles. The summed E-state index contributed by atoms with van der Waals surface area (Å²) in [6.07, 6.45) is 2.70. The Morgan fingerprint density at radius 1 is 1.19 bits per heavy atom. The van der Waals surface area contributed by atoms with Gasteiger partial charge in [-0.1, -0.05) is 19.1 Å². The first-order valence-corrected chi connectivity index (χ1v) is 9.77. The molecule has 7 nitrogen and oxygen atoms in total. The topological polar surface area (TPSA) is 61.6 Å². The Kier molecular flexibility index (Phi) is 6.32. The molecule has 1 aliphatic heterocycles. The number of nitrogens with zero attached hydrogens (tertiary/aromatic N) is 6. The molecule has 2 aromatic rings. The molecule has 1 aromatic heterocycles. The predicted octanol–water partition coefficient (Wildman–Crippen LogP) is 1.85. The third kappa shape index (κ3) is 4.40. The van der Waals surface area contributed by atoms with Gasteiger partial charge in [0.2, 0.25) is 0 Å². The van der Waals surface area contributed by atoms with E-state index in [2.05, 4.69) is 73.8 Å². The quantitative estimate of drug-likeness (QED) is 0.644. The average molecular weight is 370 g/mol. The first kappa shape index (κ1) is 19.2. The SMILES string of the molecule is CCc1nncn1CCNC(=NC)N1CCN(c2cccc(C)c2C)CC1. The van der Waals surface area contributed by atoms with E-state index in [1.165, 1.54) is 16.8 Å². The van der Waals surface area contributed by atoms with Crippen LogP contribution in [0.2, 0.25) is 0 Å². The van der Waals surface area contributed by atoms with E-state index >= 15 is 0 Å². The molecule has 0 aliphatic carbocycles. The summed E-state index contributed by atoms with van der Waals surface area (Å²) in [6, 6.07) is 6.57. The molecule has 27 heavy (non-hydrogen) atoms. The number of benzene rings is 1. The fourth-order valence-corrected chi connectivity index (χ4v) is 3.60. The lowest BCUT2D eigenvalue weighted by Crippen LogP contribution is -2.53. The molecule has 0 radical (unpaired) electrons. The Labute approximate surface area is 162 Å². The maximum absolute atomic E-state index is 4.48. The van der Waals surface area contributed by atoms with Crippen molar-refractivity contribution in [1.29, 1.82) is 0 Å². The van der Waals surface area contributed by atoms with Gasteiger partial charge in [0.05, 0.1) is 0 Å². The smallest absolute Gasteiger partial charge is 0.193 e. The van der Waals surface area contributed by atoms with Crippen LogP contribution in [0.1, 0.15) is 23.9 Å². The van der Waals surface area contributed by atoms with Crippen LogP contribution in [-0.4, -0.2) is 65.4 Å². The number of rotatable bonds is 5. The third-order valence-corrected chi connectivity index (χ3v) is 5.36. The largest absolute Gasteiger partial charge is 0.368 e. The molecule has 0 bridgehead atoms. The van der Waals surface area contributed by atoms with Gasteiger partial charge in [0, 0.05) is 58.4 Å². The van der Waals surface area contributed by atoms with E-state index in [4.69, 9.17) is 0 Å². The predicted molar refractivity (Wildman–Crippen MR) is 110 cm³/mol. The third-order valence-electron chi connectivity index (χ3n) is 5.36. The Bertz CT molecular complexity index is 772. The van der Waals surface area contributed by atoms with Crippen molar-refractivity contribution < 1.29 is 0 Å². The molecular formula is C20H31N7. The highest BCUT2D eigenvalue weighted by molar-refractivity contribution is 5.80. The number of nitrogens with one attached hydrogen (secondary N) is 1. The van der Waals surface area contributed by atoms with Crippen LogP contribution in [-0.2, 0) is 13.0 Å². The highest BCUT2D eigenvalue weighted by Crippen LogP contribution is 2.23. The normalized spacial score (nSPS) is 15.3. The minimum absolute atomic E-state index is 0.814. The molecule has 0 unspecified atom stereocenters. The van der Waals surface area contributed by atoms with E-state index in [9.17, 15) is 0 Å². The van der Waals surface area contributed by atoms with E-state index in [1.54, 1.807) is 6.33 Å². The van der Waals surface area contributed by atoms with Gasteiger partial charge in [-0.25, -0.2) is 0 Å². The minimum Gasteiger partial charge on any atom is -0.368 e. The zero-order valence-corrected chi connectivity index (χ0v) is 16.9. The molecule has 0 atom stereocenters. The second-order valence-corrected chi connectivity index (χ2v) is 6.96. The zero-order valence-electron chi connectivity index (χ0n) is 16.9. The minimum atomic E-state index is 0.814. The number of aryl methyl sites for hydroxylation is 2. The van der Waals surface area contributed by atoms with Crippen molar-refractivity contribution in [2.75, 3.05) is 44.7 Å². The monoisotopic (exact) mass is 369 g/mol. The number of anilines is 1. The van der Waals surface area contributed by atoms with Gasteiger partial charge in [-0.05, 0) is 31.0 Å². The number of hydrogen-bond acceptors (Lipinski definition) is 4. The van der Waals surface area contributed by atoms with Gasteiger partial charge in [0.25, 0.3) is 0 Å². The van der Waals surface area contributed by atoms with Crippen molar-refractivity contribution >= 4 is 11.6 Å². The summed E-state index contributed by atoms with van der Waals surface area (Å²) in [7, 11) is 1.86. The molecule has 1 fully saturated rings. The van der Waals surface area contributed by atoms with E-state index in [1.807, 2.05) is 7.05 Å². The summed E-state index contributed by atoms with van der Waals surface area (Å²) >= 11 is 0. The average Bonchev–Trinajstić information content (AvgIpc) is 3.15. The summed E-state index contributed by atoms with van der Waals surface area (Å²) in [5.74, 6) is 2.00. The number of aromatic nitrogens is 3. The van der Waals surface area contributed by atoms with Crippen LogP contribution >= 0.6 is 0 Å². The van der Waals surface area contributed by atoms with Gasteiger partial charge >= 0.3 is 0 Å². The lowest BCUT2D eigenvalue weighted by molar-refractivity contribution is 0.371. The lowest BCUT2D eigenvalue weighted by atomic mass is 10.1. The Balaban J connectivity index is 1.52. The van der Waals surface area contributed by atoms with Crippen LogP contribution in [0.25, 0.3) is 0 Å². The van der Waals surface area contributed by atoms with E-state index in [-0.39, 0.29) is 0 Å². The summed E-state index contributed by atoms with van der Waals surface area (Å²) in [5, 5.41) is 11.6. The fourth-order valence-electron chi connectivity index (χ4n) is 3.60. The molecule has 0 spiro atoms. The van der Waals surface area contributed by atoms with Crippen molar-refractivity contribution in [1.82, 2.24) is 25.0 Å². The number of guanidine groups is 1. The van der Waals surface area contributed by atoms with Crippen LogP contribution in [0.5, 0.6) is 0 Å². The van der Waals surface area contributed by atoms with Crippen LogP contribution in [0.15, 0.2) is 29.5 Å². The van der Waals surface area contributed by atoms with Crippen molar-refractivity contribution in [2.24, 2.45) is 4.99 Å². The molecule has 1 aliphatic rings. The van der Waals surface area contributed by atoms with Gasteiger partial charge < -0.3 is 19.7 Å². The van der Waals surface area contributed by atoms with Crippen molar-refractivity contribution in [3.8, 4) is 0 Å². The van der Waals surface area contributed by atoms with E-state index < -0.39 is 0 Å². The lowest BCUT2D eigenvalue weighted by Gasteiger charge is -2.38. The maximum Gasteiger partial charge on any atom is 0.193 e. The molecule has 2 heterocycles. The van der Waals surface area contributed by atoms with Gasteiger partial charge in [0.15, 0.2) is 5.96 Å². The summed E-state index contributed by atoms with van der Waals surface area (Å²) in [5.41, 5.74) is 4.10. The first-order chi connectivity index (χ1) is 13.1. The highest BCUT2D eigenvalue weighted by atomic mass is 15.4. The fraction of sp³-hybridized carbons (Fsp3) is 0.550. The van der Waals surface area contributed by atoms with Crippen LogP contribution in [0.4, 0.5) is 5.69 Å². The Morgan fingerprint density at radius 2 is 1.96 bits per heavy atom. The summed E-state index contributed by atoms with van der Waals surface area (Å²) in [6.45, 7) is 12.1. The van der Waals surface area contributed by atoms with E-state index in [0.29, 0.717) is 0 Å². The number of hydrogen-bond donors (Lipinski definition) is 1. The second-order valence-electron chi connectivity index (χ2n) is 6.96. The van der Waals surface area contributed by atoms with Crippen LogP contribution in [0, 0.1) is 13.8 Å². The summed E-state index contributed by atoms with van der Waals surface area (Å²) < 4.78 is 2.10. The van der Waals surface area contributed by atoms with Crippen molar-refractivity contribution in [2.45, 2.75) is 33.7 Å². The highest BCUT2D eigenvalue weighted by Gasteiger charge is 2.21. The molecule has 0 amide bonds. The molecule has 1 N–H and O–H groups in total. The van der Waals surface area contributed by atoms with Gasteiger partial charge in [-0.15, -0.1) is 10.2 Å². The Hall–Kier alpha value is -2.57. The molecule has 3 rings (SSSR count). The number of piperazine rings is 1. The molecule has 7 heteroatoms. The molecule has 1 saturated heterocycles. The Morgan fingerprint density at radius 3 is 2.67 bits per heavy atom. The molecule has 0 saturated carbocycles.